The highest BCUT2D eigenvalue weighted by atomic mass is 16.3. The lowest BCUT2D eigenvalue weighted by molar-refractivity contribution is 0.203. The molecule has 0 saturated carbocycles. The molecule has 0 atom stereocenters. The Morgan fingerprint density at radius 2 is 2.14 bits per heavy atom. The van der Waals surface area contributed by atoms with Gasteiger partial charge in [0.2, 0.25) is 0 Å². The van der Waals surface area contributed by atoms with E-state index in [0.29, 0.717) is 11.5 Å². The van der Waals surface area contributed by atoms with Crippen molar-refractivity contribution < 1.29 is 10.2 Å². The molecule has 0 radical (unpaired) electrons. The second kappa shape index (κ2) is 4.78. The summed E-state index contributed by atoms with van der Waals surface area (Å²) in [7, 11) is 0. The van der Waals surface area contributed by atoms with Crippen molar-refractivity contribution in [3.05, 3.63) is 17.8 Å². The van der Waals surface area contributed by atoms with Crippen LogP contribution in [0.4, 0.5) is 11.5 Å². The fourth-order valence-corrected chi connectivity index (χ4v) is 1.03. The van der Waals surface area contributed by atoms with E-state index in [1.165, 1.54) is 0 Å². The average molecular weight is 197 g/mol. The van der Waals surface area contributed by atoms with Crippen LogP contribution in [-0.4, -0.2) is 34.5 Å². The smallest absolute Gasteiger partial charge is 0.149 e. The van der Waals surface area contributed by atoms with Crippen molar-refractivity contribution in [2.45, 2.75) is 13.0 Å². The molecular formula is C9H15N3O2. The van der Waals surface area contributed by atoms with Gasteiger partial charge in [-0.3, -0.25) is 0 Å². The minimum atomic E-state index is -0.424. The Bertz CT molecular complexity index is 300. The first-order chi connectivity index (χ1) is 6.69. The van der Waals surface area contributed by atoms with Gasteiger partial charge in [0.15, 0.2) is 0 Å². The average Bonchev–Trinajstić information content (AvgIpc) is 2.20. The van der Waals surface area contributed by atoms with Gasteiger partial charge in [-0.15, -0.1) is 0 Å². The first-order valence-electron chi connectivity index (χ1n) is 4.38. The first-order valence-corrected chi connectivity index (χ1v) is 4.38. The molecule has 1 aromatic rings. The predicted molar refractivity (Wildman–Crippen MR) is 55.0 cm³/mol. The molecule has 0 aliphatic rings. The van der Waals surface area contributed by atoms with Crippen LogP contribution in [0.3, 0.4) is 0 Å². The number of nitrogen functional groups attached to an aromatic ring is 1. The molecule has 0 amide bonds. The SMILES string of the molecule is Cc1ccnc(NC(CO)CO)c1N. The van der Waals surface area contributed by atoms with E-state index in [2.05, 4.69) is 10.3 Å². The highest BCUT2D eigenvalue weighted by Crippen LogP contribution is 2.19. The summed E-state index contributed by atoms with van der Waals surface area (Å²) < 4.78 is 0. The number of aliphatic hydroxyl groups is 2. The zero-order valence-corrected chi connectivity index (χ0v) is 8.07. The summed E-state index contributed by atoms with van der Waals surface area (Å²) in [5, 5.41) is 20.6. The number of aliphatic hydroxyl groups excluding tert-OH is 2. The van der Waals surface area contributed by atoms with Gasteiger partial charge in [0.1, 0.15) is 5.82 Å². The van der Waals surface area contributed by atoms with E-state index in [1.54, 1.807) is 12.3 Å². The Hall–Kier alpha value is -1.33. The largest absolute Gasteiger partial charge is 0.396 e. The van der Waals surface area contributed by atoms with Crippen molar-refractivity contribution in [3.63, 3.8) is 0 Å². The van der Waals surface area contributed by atoms with Crippen LogP contribution in [0.1, 0.15) is 5.56 Å². The van der Waals surface area contributed by atoms with Crippen LogP contribution in [0.25, 0.3) is 0 Å². The standard InChI is InChI=1S/C9H15N3O2/c1-6-2-3-11-9(8(6)10)12-7(4-13)5-14/h2-3,7,13-14H,4-5,10H2,1H3,(H,11,12). The molecule has 0 aliphatic carbocycles. The number of hydrogen-bond acceptors (Lipinski definition) is 5. The van der Waals surface area contributed by atoms with Gasteiger partial charge in [-0.05, 0) is 18.6 Å². The van der Waals surface area contributed by atoms with Crippen molar-refractivity contribution in [1.82, 2.24) is 4.98 Å². The van der Waals surface area contributed by atoms with Crippen LogP contribution in [0.2, 0.25) is 0 Å². The van der Waals surface area contributed by atoms with E-state index in [1.807, 2.05) is 6.92 Å². The molecule has 0 aromatic carbocycles. The van der Waals surface area contributed by atoms with Gasteiger partial charge in [0.05, 0.1) is 24.9 Å². The molecule has 5 nitrogen and oxygen atoms in total. The predicted octanol–water partition coefficient (Wildman–Crippen LogP) is -0.263. The monoisotopic (exact) mass is 197 g/mol. The van der Waals surface area contributed by atoms with E-state index < -0.39 is 6.04 Å². The quantitative estimate of drug-likeness (QED) is 0.533. The Morgan fingerprint density at radius 3 is 2.71 bits per heavy atom. The van der Waals surface area contributed by atoms with Crippen molar-refractivity contribution in [2.24, 2.45) is 0 Å². The summed E-state index contributed by atoms with van der Waals surface area (Å²) in [4.78, 5) is 4.02. The van der Waals surface area contributed by atoms with Gasteiger partial charge in [0.25, 0.3) is 0 Å². The number of aromatic nitrogens is 1. The van der Waals surface area contributed by atoms with E-state index in [-0.39, 0.29) is 13.2 Å². The first kappa shape index (κ1) is 10.7. The summed E-state index contributed by atoms with van der Waals surface area (Å²) in [6, 6.07) is 1.37. The summed E-state index contributed by atoms with van der Waals surface area (Å²) in [6.45, 7) is 1.55. The van der Waals surface area contributed by atoms with Crippen molar-refractivity contribution in [3.8, 4) is 0 Å². The minimum absolute atomic E-state index is 0.161. The van der Waals surface area contributed by atoms with Gasteiger partial charge in [0, 0.05) is 6.20 Å². The Balaban J connectivity index is 2.80. The summed E-state index contributed by atoms with van der Waals surface area (Å²) in [5.41, 5.74) is 7.21. The van der Waals surface area contributed by atoms with Crippen molar-refractivity contribution >= 4 is 11.5 Å². The van der Waals surface area contributed by atoms with Crippen LogP contribution in [0.5, 0.6) is 0 Å². The summed E-state index contributed by atoms with van der Waals surface area (Å²) in [6.07, 6.45) is 1.62. The number of hydrogen-bond donors (Lipinski definition) is 4. The highest BCUT2D eigenvalue weighted by Gasteiger charge is 2.09. The molecule has 0 bridgehead atoms. The van der Waals surface area contributed by atoms with Crippen LogP contribution < -0.4 is 11.1 Å². The number of pyridine rings is 1. The highest BCUT2D eigenvalue weighted by molar-refractivity contribution is 5.65. The maximum atomic E-state index is 8.86. The van der Waals surface area contributed by atoms with Gasteiger partial charge in [-0.2, -0.15) is 0 Å². The number of aryl methyl sites for hydroxylation is 1. The number of nitrogens with one attached hydrogen (secondary N) is 1. The van der Waals surface area contributed by atoms with Gasteiger partial charge >= 0.3 is 0 Å². The van der Waals surface area contributed by atoms with E-state index in [9.17, 15) is 0 Å². The third-order valence-corrected chi connectivity index (χ3v) is 1.99. The lowest BCUT2D eigenvalue weighted by atomic mass is 10.2. The topological polar surface area (TPSA) is 91.4 Å². The molecule has 1 rings (SSSR count). The Morgan fingerprint density at radius 1 is 1.50 bits per heavy atom. The molecule has 5 heteroatoms. The lowest BCUT2D eigenvalue weighted by Gasteiger charge is -2.15. The zero-order valence-electron chi connectivity index (χ0n) is 8.07. The fourth-order valence-electron chi connectivity index (χ4n) is 1.03. The lowest BCUT2D eigenvalue weighted by Crippen LogP contribution is -2.28. The number of nitrogens with zero attached hydrogens (tertiary/aromatic N) is 1. The van der Waals surface area contributed by atoms with Crippen molar-refractivity contribution in [2.75, 3.05) is 24.3 Å². The van der Waals surface area contributed by atoms with Crippen LogP contribution in [-0.2, 0) is 0 Å². The second-order valence-electron chi connectivity index (χ2n) is 3.10. The molecule has 5 N–H and O–H groups in total. The third kappa shape index (κ3) is 2.34. The van der Waals surface area contributed by atoms with E-state index >= 15 is 0 Å². The number of anilines is 2. The Kier molecular flexibility index (Phi) is 3.67. The molecule has 14 heavy (non-hydrogen) atoms. The maximum absolute atomic E-state index is 8.86. The minimum Gasteiger partial charge on any atom is -0.396 e. The van der Waals surface area contributed by atoms with Gasteiger partial charge in [-0.25, -0.2) is 4.98 Å². The molecule has 0 aliphatic heterocycles. The molecule has 1 aromatic heterocycles. The van der Waals surface area contributed by atoms with Crippen molar-refractivity contribution in [1.29, 1.82) is 0 Å². The third-order valence-electron chi connectivity index (χ3n) is 1.99. The van der Waals surface area contributed by atoms with Gasteiger partial charge in [-0.1, -0.05) is 0 Å². The molecule has 0 unspecified atom stereocenters. The summed E-state index contributed by atoms with van der Waals surface area (Å²) in [5.74, 6) is 0.498. The number of rotatable bonds is 4. The fraction of sp³-hybridized carbons (Fsp3) is 0.444. The normalized spacial score (nSPS) is 10.6. The van der Waals surface area contributed by atoms with E-state index in [4.69, 9.17) is 15.9 Å². The van der Waals surface area contributed by atoms with Crippen LogP contribution in [0, 0.1) is 6.92 Å². The maximum Gasteiger partial charge on any atom is 0.149 e. The zero-order chi connectivity index (χ0) is 10.6. The number of nitrogens with two attached hydrogens (primary N) is 1. The Labute approximate surface area is 82.6 Å². The molecule has 78 valence electrons. The molecular weight excluding hydrogens is 182 g/mol. The molecule has 0 saturated heterocycles. The molecule has 1 heterocycles. The van der Waals surface area contributed by atoms with Gasteiger partial charge < -0.3 is 21.3 Å². The molecule has 0 fully saturated rings. The van der Waals surface area contributed by atoms with E-state index in [0.717, 1.165) is 5.56 Å². The van der Waals surface area contributed by atoms with Crippen LogP contribution in [0.15, 0.2) is 12.3 Å². The molecule has 0 spiro atoms. The van der Waals surface area contributed by atoms with Crippen LogP contribution >= 0.6 is 0 Å². The second-order valence-corrected chi connectivity index (χ2v) is 3.10. The summed E-state index contributed by atoms with van der Waals surface area (Å²) >= 11 is 0.